The van der Waals surface area contributed by atoms with E-state index >= 15 is 0 Å². The number of hydrogen-bond acceptors (Lipinski definition) is 6. The summed E-state index contributed by atoms with van der Waals surface area (Å²) in [6.45, 7) is 2.09. The van der Waals surface area contributed by atoms with Crippen molar-refractivity contribution in [3.05, 3.63) is 88.9 Å². The third-order valence-electron chi connectivity index (χ3n) is 6.69. The van der Waals surface area contributed by atoms with Gasteiger partial charge in [-0.25, -0.2) is 8.42 Å². The molecule has 218 valence electrons. The predicted molar refractivity (Wildman–Crippen MR) is 159 cm³/mol. The van der Waals surface area contributed by atoms with E-state index in [1.165, 1.54) is 11.0 Å². The van der Waals surface area contributed by atoms with Crippen molar-refractivity contribution in [3.63, 3.8) is 0 Å². The van der Waals surface area contributed by atoms with Gasteiger partial charge in [-0.3, -0.25) is 13.9 Å². The molecule has 0 fully saturated rings. The van der Waals surface area contributed by atoms with Crippen molar-refractivity contribution < 1.29 is 27.5 Å². The lowest BCUT2D eigenvalue weighted by Crippen LogP contribution is -2.53. The maximum Gasteiger partial charge on any atom is 0.244 e. The summed E-state index contributed by atoms with van der Waals surface area (Å²) in [6, 6.07) is 20.2. The molecule has 1 atom stereocenters. The minimum Gasteiger partial charge on any atom is -0.454 e. The summed E-state index contributed by atoms with van der Waals surface area (Å²) in [7, 11) is -3.89. The summed E-state index contributed by atoms with van der Waals surface area (Å²) < 4.78 is 37.7. The van der Waals surface area contributed by atoms with Crippen molar-refractivity contribution in [3.8, 4) is 11.5 Å². The van der Waals surface area contributed by atoms with Gasteiger partial charge in [-0.2, -0.15) is 0 Å². The first kappa shape index (κ1) is 30.2. The van der Waals surface area contributed by atoms with Crippen molar-refractivity contribution >= 4 is 39.1 Å². The molecule has 0 aromatic heterocycles. The molecule has 4 rings (SSSR count). The van der Waals surface area contributed by atoms with E-state index in [1.54, 1.807) is 36.4 Å². The predicted octanol–water partition coefficient (Wildman–Crippen LogP) is 4.39. The maximum absolute atomic E-state index is 14.1. The Bertz CT molecular complexity index is 1450. The molecule has 1 aliphatic heterocycles. The molecule has 0 aliphatic carbocycles. The van der Waals surface area contributed by atoms with E-state index in [0.29, 0.717) is 23.1 Å². The van der Waals surface area contributed by atoms with Crippen molar-refractivity contribution in [1.29, 1.82) is 0 Å². The topological polar surface area (TPSA) is 105 Å². The van der Waals surface area contributed by atoms with Gasteiger partial charge in [0.2, 0.25) is 28.6 Å². The van der Waals surface area contributed by atoms with E-state index in [-0.39, 0.29) is 31.4 Å². The summed E-state index contributed by atoms with van der Waals surface area (Å²) in [4.78, 5) is 29.2. The standard InChI is InChI=1S/C30H34ClN3O6S/c1-3-4-16-32-30(36)26(17-22-8-6-5-7-9-22)33(19-23-10-12-24(31)13-11-23)29(35)20-34(41(2,37)38)25-14-15-27-28(18-25)40-21-39-27/h5-15,18,26H,3-4,16-17,19-21H2,1-2H3,(H,32,36)/t26-/m0/s1. The number of benzene rings is 3. The number of fused-ring (bicyclic) bond motifs is 1. The van der Waals surface area contributed by atoms with Crippen LogP contribution in [-0.4, -0.2) is 57.3 Å². The van der Waals surface area contributed by atoms with Gasteiger partial charge in [0.15, 0.2) is 11.5 Å². The Morgan fingerprint density at radius 3 is 2.37 bits per heavy atom. The maximum atomic E-state index is 14.1. The molecule has 0 saturated carbocycles. The third-order valence-corrected chi connectivity index (χ3v) is 8.08. The van der Waals surface area contributed by atoms with Crippen LogP contribution in [0, 0.1) is 0 Å². The molecule has 0 spiro atoms. The Balaban J connectivity index is 1.70. The molecule has 0 radical (unpaired) electrons. The normalized spacial score (nSPS) is 13.0. The molecule has 1 heterocycles. The number of rotatable bonds is 13. The second kappa shape index (κ2) is 13.7. The summed E-state index contributed by atoms with van der Waals surface area (Å²) in [6.07, 6.45) is 2.98. The monoisotopic (exact) mass is 599 g/mol. The number of carbonyl (C=O) groups is 2. The second-order valence-electron chi connectivity index (χ2n) is 9.81. The van der Waals surface area contributed by atoms with Crippen LogP contribution < -0.4 is 19.1 Å². The Hall–Kier alpha value is -3.76. The fourth-order valence-corrected chi connectivity index (χ4v) is 5.47. The molecule has 3 aromatic carbocycles. The van der Waals surface area contributed by atoms with E-state index in [0.717, 1.165) is 34.5 Å². The molecule has 1 N–H and O–H groups in total. The van der Waals surface area contributed by atoms with Gasteiger partial charge in [0.25, 0.3) is 0 Å². The Morgan fingerprint density at radius 2 is 1.68 bits per heavy atom. The highest BCUT2D eigenvalue weighted by Gasteiger charge is 2.33. The fraction of sp³-hybridized carbons (Fsp3) is 0.333. The molecule has 41 heavy (non-hydrogen) atoms. The average molecular weight is 600 g/mol. The smallest absolute Gasteiger partial charge is 0.244 e. The molecule has 0 saturated heterocycles. The largest absolute Gasteiger partial charge is 0.454 e. The Labute approximate surface area is 246 Å². The third kappa shape index (κ3) is 8.14. The van der Waals surface area contributed by atoms with Crippen LogP contribution in [0.5, 0.6) is 11.5 Å². The van der Waals surface area contributed by atoms with Crippen LogP contribution in [-0.2, 0) is 32.6 Å². The van der Waals surface area contributed by atoms with Crippen LogP contribution in [0.4, 0.5) is 5.69 Å². The Morgan fingerprint density at radius 1 is 0.976 bits per heavy atom. The first-order valence-corrected chi connectivity index (χ1v) is 15.6. The van der Waals surface area contributed by atoms with Gasteiger partial charge >= 0.3 is 0 Å². The number of amides is 2. The minimum absolute atomic E-state index is 0.0276. The molecular formula is C30H34ClN3O6S. The molecule has 0 unspecified atom stereocenters. The van der Waals surface area contributed by atoms with Crippen molar-refractivity contribution in [2.75, 3.05) is 30.4 Å². The molecule has 11 heteroatoms. The quantitative estimate of drug-likeness (QED) is 0.292. The molecule has 0 bridgehead atoms. The number of nitrogens with one attached hydrogen (secondary N) is 1. The van der Waals surface area contributed by atoms with E-state index in [4.69, 9.17) is 21.1 Å². The molecule has 3 aromatic rings. The summed E-state index contributed by atoms with van der Waals surface area (Å²) >= 11 is 6.09. The average Bonchev–Trinajstić information content (AvgIpc) is 3.42. The first-order valence-electron chi connectivity index (χ1n) is 13.4. The first-order chi connectivity index (χ1) is 19.7. The van der Waals surface area contributed by atoms with E-state index in [1.807, 2.05) is 37.3 Å². The molecular weight excluding hydrogens is 566 g/mol. The van der Waals surface area contributed by atoms with Crippen molar-refractivity contribution in [1.82, 2.24) is 10.2 Å². The number of carbonyl (C=O) groups excluding carboxylic acids is 2. The van der Waals surface area contributed by atoms with Gasteiger partial charge in [0.05, 0.1) is 11.9 Å². The zero-order chi connectivity index (χ0) is 29.4. The zero-order valence-electron chi connectivity index (χ0n) is 23.1. The zero-order valence-corrected chi connectivity index (χ0v) is 24.7. The van der Waals surface area contributed by atoms with Crippen molar-refractivity contribution in [2.24, 2.45) is 0 Å². The molecule has 1 aliphatic rings. The number of ether oxygens (including phenoxy) is 2. The fourth-order valence-electron chi connectivity index (χ4n) is 4.50. The number of hydrogen-bond donors (Lipinski definition) is 1. The van der Waals surface area contributed by atoms with Gasteiger partial charge in [0, 0.05) is 30.6 Å². The minimum atomic E-state index is -3.89. The molecule has 9 nitrogen and oxygen atoms in total. The van der Waals surface area contributed by atoms with E-state index < -0.39 is 28.5 Å². The van der Waals surface area contributed by atoms with Gasteiger partial charge < -0.3 is 19.7 Å². The highest BCUT2D eigenvalue weighted by Crippen LogP contribution is 2.36. The van der Waals surface area contributed by atoms with Crippen LogP contribution >= 0.6 is 11.6 Å². The van der Waals surface area contributed by atoms with Gasteiger partial charge in [-0.15, -0.1) is 0 Å². The lowest BCUT2D eigenvalue weighted by Gasteiger charge is -2.33. The van der Waals surface area contributed by atoms with E-state index in [2.05, 4.69) is 5.32 Å². The highest BCUT2D eigenvalue weighted by atomic mass is 35.5. The number of anilines is 1. The summed E-state index contributed by atoms with van der Waals surface area (Å²) in [5, 5.41) is 3.50. The van der Waals surface area contributed by atoms with E-state index in [9.17, 15) is 18.0 Å². The SMILES string of the molecule is CCCCNC(=O)[C@H](Cc1ccccc1)N(Cc1ccc(Cl)cc1)C(=O)CN(c1ccc2c(c1)OCO2)S(C)(=O)=O. The number of nitrogens with zero attached hydrogens (tertiary/aromatic N) is 2. The van der Waals surface area contributed by atoms with Crippen LogP contribution in [0.2, 0.25) is 5.02 Å². The van der Waals surface area contributed by atoms with Crippen LogP contribution in [0.25, 0.3) is 0 Å². The molecule has 2 amide bonds. The highest BCUT2D eigenvalue weighted by molar-refractivity contribution is 7.92. The number of sulfonamides is 1. The number of unbranched alkanes of at least 4 members (excludes halogenated alkanes) is 1. The Kier molecular flexibility index (Phi) is 10.1. The summed E-state index contributed by atoms with van der Waals surface area (Å²) in [5.74, 6) is 0.0386. The van der Waals surface area contributed by atoms with Gasteiger partial charge in [-0.05, 0) is 41.8 Å². The van der Waals surface area contributed by atoms with Gasteiger partial charge in [-0.1, -0.05) is 67.4 Å². The van der Waals surface area contributed by atoms with Crippen LogP contribution in [0.15, 0.2) is 72.8 Å². The lowest BCUT2D eigenvalue weighted by atomic mass is 10.0. The van der Waals surface area contributed by atoms with Crippen LogP contribution in [0.3, 0.4) is 0 Å². The second-order valence-corrected chi connectivity index (χ2v) is 12.1. The lowest BCUT2D eigenvalue weighted by molar-refractivity contribution is -0.140. The number of halogens is 1. The van der Waals surface area contributed by atoms with Crippen molar-refractivity contribution in [2.45, 2.75) is 38.8 Å². The van der Waals surface area contributed by atoms with Crippen LogP contribution in [0.1, 0.15) is 30.9 Å². The summed E-state index contributed by atoms with van der Waals surface area (Å²) in [5.41, 5.74) is 1.87. The van der Waals surface area contributed by atoms with Gasteiger partial charge in [0.1, 0.15) is 12.6 Å².